The molecular formula is C19H22N4. The molecule has 0 amide bonds. The van der Waals surface area contributed by atoms with Crippen molar-refractivity contribution in [2.45, 2.75) is 6.42 Å². The molecule has 23 heavy (non-hydrogen) atoms. The number of hydrogen-bond acceptors (Lipinski definition) is 3. The van der Waals surface area contributed by atoms with Gasteiger partial charge in [-0.1, -0.05) is 42.5 Å². The number of hydrogen-bond donors (Lipinski definition) is 2. The lowest BCUT2D eigenvalue weighted by Crippen LogP contribution is -2.44. The van der Waals surface area contributed by atoms with Crippen LogP contribution in [0.3, 0.4) is 0 Å². The van der Waals surface area contributed by atoms with Crippen molar-refractivity contribution in [1.29, 1.82) is 0 Å². The predicted octanol–water partition coefficient (Wildman–Crippen LogP) is 2.68. The molecule has 1 fully saturated rings. The second-order valence-corrected chi connectivity index (χ2v) is 6.11. The molecule has 1 aromatic heterocycles. The average Bonchev–Trinajstić information content (AvgIpc) is 3.05. The summed E-state index contributed by atoms with van der Waals surface area (Å²) in [5.74, 6) is 0. The molecule has 2 aromatic carbocycles. The van der Waals surface area contributed by atoms with Crippen molar-refractivity contribution in [3.05, 3.63) is 54.2 Å². The van der Waals surface area contributed by atoms with Gasteiger partial charge in [0.15, 0.2) is 0 Å². The molecule has 0 unspecified atom stereocenters. The number of nitrogens with zero attached hydrogens (tertiary/aromatic N) is 2. The number of nitrogens with one attached hydrogen (secondary N) is 2. The standard InChI is InChI=1S/C19H22N4/c1-2-5-15(6-3-1)16-7-4-8-17-19(16)18(22-21-17)9-12-23-13-10-20-11-14-23/h1-8,20H,9-14H2,(H,21,22). The van der Waals surface area contributed by atoms with Crippen LogP contribution in [0.5, 0.6) is 0 Å². The van der Waals surface area contributed by atoms with Gasteiger partial charge in [-0.2, -0.15) is 5.10 Å². The third-order valence-electron chi connectivity index (χ3n) is 4.63. The van der Waals surface area contributed by atoms with E-state index < -0.39 is 0 Å². The van der Waals surface area contributed by atoms with Crippen molar-refractivity contribution in [2.24, 2.45) is 0 Å². The van der Waals surface area contributed by atoms with Crippen LogP contribution < -0.4 is 5.32 Å². The minimum Gasteiger partial charge on any atom is -0.314 e. The number of benzene rings is 2. The van der Waals surface area contributed by atoms with Gasteiger partial charge in [-0.3, -0.25) is 5.10 Å². The van der Waals surface area contributed by atoms with E-state index in [1.165, 1.54) is 22.2 Å². The highest BCUT2D eigenvalue weighted by atomic mass is 15.2. The molecule has 1 saturated heterocycles. The molecule has 1 aliphatic rings. The van der Waals surface area contributed by atoms with Crippen molar-refractivity contribution >= 4 is 10.9 Å². The lowest BCUT2D eigenvalue weighted by molar-refractivity contribution is 0.243. The Morgan fingerprint density at radius 2 is 1.78 bits per heavy atom. The average molecular weight is 306 g/mol. The Morgan fingerprint density at radius 3 is 2.61 bits per heavy atom. The fraction of sp³-hybridized carbons (Fsp3) is 0.316. The minimum atomic E-state index is 1.01. The maximum absolute atomic E-state index is 4.51. The maximum Gasteiger partial charge on any atom is 0.0930 e. The largest absolute Gasteiger partial charge is 0.314 e. The number of aromatic amines is 1. The Bertz CT molecular complexity index is 772. The van der Waals surface area contributed by atoms with Crippen LogP contribution in [0.15, 0.2) is 48.5 Å². The quantitative estimate of drug-likeness (QED) is 0.779. The van der Waals surface area contributed by atoms with E-state index in [1.807, 2.05) is 0 Å². The van der Waals surface area contributed by atoms with Crippen LogP contribution in [0, 0.1) is 0 Å². The summed E-state index contributed by atoms with van der Waals surface area (Å²) in [6, 6.07) is 17.0. The van der Waals surface area contributed by atoms with Crippen molar-refractivity contribution < 1.29 is 0 Å². The minimum absolute atomic E-state index is 1.01. The third kappa shape index (κ3) is 3.00. The predicted molar refractivity (Wildman–Crippen MR) is 94.5 cm³/mol. The van der Waals surface area contributed by atoms with Crippen molar-refractivity contribution in [3.8, 4) is 11.1 Å². The van der Waals surface area contributed by atoms with Gasteiger partial charge in [0.05, 0.1) is 5.52 Å². The van der Waals surface area contributed by atoms with E-state index >= 15 is 0 Å². The highest BCUT2D eigenvalue weighted by molar-refractivity contribution is 5.96. The molecule has 2 N–H and O–H groups in total. The smallest absolute Gasteiger partial charge is 0.0930 e. The molecule has 0 aliphatic carbocycles. The van der Waals surface area contributed by atoms with E-state index in [1.54, 1.807) is 0 Å². The van der Waals surface area contributed by atoms with Gasteiger partial charge in [0.2, 0.25) is 0 Å². The molecule has 4 rings (SSSR count). The summed E-state index contributed by atoms with van der Waals surface area (Å²) in [4.78, 5) is 2.52. The molecule has 0 bridgehead atoms. The number of rotatable bonds is 4. The number of H-pyrrole nitrogens is 1. The molecule has 4 heteroatoms. The zero-order valence-corrected chi connectivity index (χ0v) is 13.3. The fourth-order valence-corrected chi connectivity index (χ4v) is 3.38. The van der Waals surface area contributed by atoms with Crippen LogP contribution in [0.4, 0.5) is 0 Å². The van der Waals surface area contributed by atoms with Crippen molar-refractivity contribution in [2.75, 3.05) is 32.7 Å². The van der Waals surface area contributed by atoms with Crippen molar-refractivity contribution in [1.82, 2.24) is 20.4 Å². The van der Waals surface area contributed by atoms with Crippen LogP contribution in [0.25, 0.3) is 22.0 Å². The zero-order chi connectivity index (χ0) is 15.5. The van der Waals surface area contributed by atoms with Gasteiger partial charge in [-0.05, 0) is 17.2 Å². The second kappa shape index (κ2) is 6.52. The number of aromatic nitrogens is 2. The maximum atomic E-state index is 4.51. The highest BCUT2D eigenvalue weighted by Gasteiger charge is 2.14. The Morgan fingerprint density at radius 1 is 0.957 bits per heavy atom. The van der Waals surface area contributed by atoms with Gasteiger partial charge >= 0.3 is 0 Å². The molecule has 0 atom stereocenters. The van der Waals surface area contributed by atoms with Crippen LogP contribution in [-0.4, -0.2) is 47.8 Å². The Kier molecular flexibility index (Phi) is 4.09. The van der Waals surface area contributed by atoms with E-state index in [4.69, 9.17) is 0 Å². The second-order valence-electron chi connectivity index (χ2n) is 6.11. The molecule has 4 nitrogen and oxygen atoms in total. The van der Waals surface area contributed by atoms with Gasteiger partial charge in [0.1, 0.15) is 0 Å². The first-order valence-electron chi connectivity index (χ1n) is 8.36. The zero-order valence-electron chi connectivity index (χ0n) is 13.3. The molecule has 118 valence electrons. The van der Waals surface area contributed by atoms with E-state index in [0.29, 0.717) is 0 Å². The first kappa shape index (κ1) is 14.4. The topological polar surface area (TPSA) is 44.0 Å². The van der Waals surface area contributed by atoms with Gasteiger partial charge in [-0.15, -0.1) is 0 Å². The molecule has 3 aromatic rings. The molecule has 0 radical (unpaired) electrons. The van der Waals surface area contributed by atoms with Gasteiger partial charge in [0.25, 0.3) is 0 Å². The van der Waals surface area contributed by atoms with Gasteiger partial charge < -0.3 is 10.2 Å². The Balaban J connectivity index is 1.65. The fourth-order valence-electron chi connectivity index (χ4n) is 3.38. The lowest BCUT2D eigenvalue weighted by atomic mass is 9.99. The van der Waals surface area contributed by atoms with Gasteiger partial charge in [0, 0.05) is 50.2 Å². The summed E-state index contributed by atoms with van der Waals surface area (Å²) in [6.07, 6.45) is 1.01. The van der Waals surface area contributed by atoms with E-state index in [-0.39, 0.29) is 0 Å². The molecule has 0 saturated carbocycles. The third-order valence-corrected chi connectivity index (χ3v) is 4.63. The SMILES string of the molecule is c1ccc(-c2cccc3n[nH]c(CCN4CCNCC4)c23)cc1. The van der Waals surface area contributed by atoms with E-state index in [2.05, 4.69) is 68.9 Å². The van der Waals surface area contributed by atoms with E-state index in [9.17, 15) is 0 Å². The van der Waals surface area contributed by atoms with E-state index in [0.717, 1.165) is 44.7 Å². The lowest BCUT2D eigenvalue weighted by Gasteiger charge is -2.26. The summed E-state index contributed by atoms with van der Waals surface area (Å²) in [6.45, 7) is 5.55. The summed E-state index contributed by atoms with van der Waals surface area (Å²) >= 11 is 0. The summed E-state index contributed by atoms with van der Waals surface area (Å²) < 4.78 is 0. The van der Waals surface area contributed by atoms with Gasteiger partial charge in [-0.25, -0.2) is 0 Å². The first-order chi connectivity index (χ1) is 11.4. The van der Waals surface area contributed by atoms with Crippen molar-refractivity contribution in [3.63, 3.8) is 0 Å². The number of fused-ring (bicyclic) bond motifs is 1. The van der Waals surface area contributed by atoms with Crippen LogP contribution in [-0.2, 0) is 6.42 Å². The first-order valence-corrected chi connectivity index (χ1v) is 8.36. The van der Waals surface area contributed by atoms with Crippen LogP contribution >= 0.6 is 0 Å². The van der Waals surface area contributed by atoms with Crippen LogP contribution in [0.1, 0.15) is 5.69 Å². The highest BCUT2D eigenvalue weighted by Crippen LogP contribution is 2.30. The summed E-state index contributed by atoms with van der Waals surface area (Å²) in [5, 5.41) is 12.5. The molecule has 0 spiro atoms. The molecule has 2 heterocycles. The monoisotopic (exact) mass is 306 g/mol. The Hall–Kier alpha value is -2.17. The summed E-state index contributed by atoms with van der Waals surface area (Å²) in [7, 11) is 0. The molecular weight excluding hydrogens is 284 g/mol. The molecule has 1 aliphatic heterocycles. The summed E-state index contributed by atoms with van der Waals surface area (Å²) in [5.41, 5.74) is 4.83. The number of piperazine rings is 1. The normalized spacial score (nSPS) is 16.0. The Labute approximate surface area is 136 Å². The van der Waals surface area contributed by atoms with Crippen LogP contribution in [0.2, 0.25) is 0 Å².